The number of nitrogen functional groups attached to an aromatic ring is 1. The predicted octanol–water partition coefficient (Wildman–Crippen LogP) is -0.109. The van der Waals surface area contributed by atoms with E-state index in [-0.39, 0.29) is 0 Å². The SMILES string of the molecule is CNCC(O)C(O)c1ccc(OC)cc1N. The molecule has 0 bridgehead atoms. The Labute approximate surface area is 94.8 Å². The third kappa shape index (κ3) is 2.85. The van der Waals surface area contributed by atoms with Gasteiger partial charge >= 0.3 is 0 Å². The van der Waals surface area contributed by atoms with Gasteiger partial charge in [-0.25, -0.2) is 0 Å². The second kappa shape index (κ2) is 5.69. The molecule has 0 aromatic heterocycles. The number of likely N-dealkylation sites (N-methyl/N-ethyl adjacent to an activating group) is 1. The van der Waals surface area contributed by atoms with Crippen molar-refractivity contribution in [3.8, 4) is 5.75 Å². The molecule has 0 aliphatic carbocycles. The molecular weight excluding hydrogens is 208 g/mol. The molecular formula is C11H18N2O3. The lowest BCUT2D eigenvalue weighted by atomic mass is 10.0. The fourth-order valence-corrected chi connectivity index (χ4v) is 1.48. The minimum absolute atomic E-state index is 0.298. The normalized spacial score (nSPS) is 14.5. The van der Waals surface area contributed by atoms with Gasteiger partial charge in [-0.2, -0.15) is 0 Å². The van der Waals surface area contributed by atoms with Crippen LogP contribution in [0.5, 0.6) is 5.75 Å². The molecule has 0 spiro atoms. The number of nitrogens with two attached hydrogens (primary N) is 1. The van der Waals surface area contributed by atoms with Crippen molar-refractivity contribution in [1.82, 2.24) is 5.32 Å². The maximum atomic E-state index is 9.85. The van der Waals surface area contributed by atoms with Crippen LogP contribution in [-0.2, 0) is 0 Å². The van der Waals surface area contributed by atoms with Crippen LogP contribution in [0.15, 0.2) is 18.2 Å². The molecule has 0 fully saturated rings. The van der Waals surface area contributed by atoms with Gasteiger partial charge < -0.3 is 26.0 Å². The van der Waals surface area contributed by atoms with Crippen molar-refractivity contribution in [2.75, 3.05) is 26.4 Å². The molecule has 0 radical (unpaired) electrons. The van der Waals surface area contributed by atoms with Crippen LogP contribution in [0.4, 0.5) is 5.69 Å². The van der Waals surface area contributed by atoms with E-state index in [1.54, 1.807) is 32.4 Å². The monoisotopic (exact) mass is 226 g/mol. The minimum atomic E-state index is -1.00. The molecule has 0 heterocycles. The van der Waals surface area contributed by atoms with Gasteiger partial charge in [0.2, 0.25) is 0 Å². The number of benzene rings is 1. The van der Waals surface area contributed by atoms with E-state index in [1.165, 1.54) is 0 Å². The van der Waals surface area contributed by atoms with E-state index < -0.39 is 12.2 Å². The van der Waals surface area contributed by atoms with Crippen LogP contribution in [0.25, 0.3) is 0 Å². The largest absolute Gasteiger partial charge is 0.497 e. The van der Waals surface area contributed by atoms with Gasteiger partial charge in [0, 0.05) is 23.9 Å². The molecule has 0 saturated heterocycles. The summed E-state index contributed by atoms with van der Waals surface area (Å²) in [5.74, 6) is 0.622. The summed E-state index contributed by atoms with van der Waals surface area (Å²) in [6.07, 6.45) is -1.89. The van der Waals surface area contributed by atoms with E-state index in [1.807, 2.05) is 0 Å². The highest BCUT2D eigenvalue weighted by Crippen LogP contribution is 2.26. The van der Waals surface area contributed by atoms with Gasteiger partial charge in [-0.1, -0.05) is 6.07 Å². The van der Waals surface area contributed by atoms with Crippen LogP contribution in [0, 0.1) is 0 Å². The van der Waals surface area contributed by atoms with Crippen LogP contribution in [0.3, 0.4) is 0 Å². The Hall–Kier alpha value is -1.30. The summed E-state index contributed by atoms with van der Waals surface area (Å²) in [6.45, 7) is 0.298. The molecule has 1 rings (SSSR count). The van der Waals surface area contributed by atoms with E-state index in [0.29, 0.717) is 23.5 Å². The molecule has 0 aliphatic rings. The Morgan fingerprint density at radius 3 is 2.62 bits per heavy atom. The molecule has 16 heavy (non-hydrogen) atoms. The molecule has 1 aromatic carbocycles. The Morgan fingerprint density at radius 2 is 2.12 bits per heavy atom. The van der Waals surface area contributed by atoms with Gasteiger partial charge in [0.05, 0.1) is 13.2 Å². The smallest absolute Gasteiger partial charge is 0.120 e. The zero-order valence-corrected chi connectivity index (χ0v) is 9.47. The van der Waals surface area contributed by atoms with Crippen LogP contribution in [0.1, 0.15) is 11.7 Å². The van der Waals surface area contributed by atoms with E-state index in [4.69, 9.17) is 10.5 Å². The molecule has 5 N–H and O–H groups in total. The standard InChI is InChI=1S/C11H18N2O3/c1-13-6-10(14)11(15)8-4-3-7(16-2)5-9(8)12/h3-5,10-11,13-15H,6,12H2,1-2H3. The Morgan fingerprint density at radius 1 is 1.44 bits per heavy atom. The van der Waals surface area contributed by atoms with Crippen molar-refractivity contribution in [2.24, 2.45) is 0 Å². The molecule has 2 atom stereocenters. The van der Waals surface area contributed by atoms with Crippen molar-refractivity contribution < 1.29 is 14.9 Å². The lowest BCUT2D eigenvalue weighted by molar-refractivity contribution is 0.0206. The van der Waals surface area contributed by atoms with Crippen molar-refractivity contribution in [3.63, 3.8) is 0 Å². The first-order valence-corrected chi connectivity index (χ1v) is 5.04. The highest BCUT2D eigenvalue weighted by atomic mass is 16.5. The van der Waals surface area contributed by atoms with Crippen LogP contribution >= 0.6 is 0 Å². The molecule has 90 valence electrons. The first kappa shape index (κ1) is 12.8. The maximum absolute atomic E-state index is 9.85. The number of hydrogen-bond donors (Lipinski definition) is 4. The quantitative estimate of drug-likeness (QED) is 0.526. The van der Waals surface area contributed by atoms with Gasteiger partial charge in [-0.05, 0) is 13.1 Å². The summed E-state index contributed by atoms with van der Waals surface area (Å²) in [5.41, 5.74) is 6.67. The minimum Gasteiger partial charge on any atom is -0.497 e. The van der Waals surface area contributed by atoms with Gasteiger partial charge in [0.25, 0.3) is 0 Å². The Bertz CT molecular complexity index is 344. The molecule has 5 nitrogen and oxygen atoms in total. The summed E-state index contributed by atoms with van der Waals surface area (Å²) in [6, 6.07) is 4.96. The second-order valence-electron chi connectivity index (χ2n) is 3.56. The number of nitrogens with one attached hydrogen (secondary N) is 1. The third-order valence-electron chi connectivity index (χ3n) is 2.39. The van der Waals surface area contributed by atoms with E-state index in [2.05, 4.69) is 5.32 Å². The summed E-state index contributed by atoms with van der Waals surface area (Å²) in [7, 11) is 3.24. The number of hydrogen-bond acceptors (Lipinski definition) is 5. The zero-order valence-electron chi connectivity index (χ0n) is 9.47. The van der Waals surface area contributed by atoms with E-state index in [0.717, 1.165) is 0 Å². The summed E-state index contributed by atoms with van der Waals surface area (Å²) >= 11 is 0. The van der Waals surface area contributed by atoms with Gasteiger partial charge in [-0.3, -0.25) is 0 Å². The first-order chi connectivity index (χ1) is 7.60. The molecule has 0 aliphatic heterocycles. The van der Waals surface area contributed by atoms with Crippen LogP contribution in [-0.4, -0.2) is 37.0 Å². The average molecular weight is 226 g/mol. The summed E-state index contributed by atoms with van der Waals surface area (Å²) < 4.78 is 5.00. The highest BCUT2D eigenvalue weighted by Gasteiger charge is 2.19. The third-order valence-corrected chi connectivity index (χ3v) is 2.39. The number of ether oxygens (including phenoxy) is 1. The zero-order chi connectivity index (χ0) is 12.1. The molecule has 5 heteroatoms. The number of rotatable bonds is 5. The number of aliphatic hydroxyl groups excluding tert-OH is 2. The van der Waals surface area contributed by atoms with Crippen LogP contribution < -0.4 is 15.8 Å². The lowest BCUT2D eigenvalue weighted by Crippen LogP contribution is -2.30. The van der Waals surface area contributed by atoms with Crippen molar-refractivity contribution in [2.45, 2.75) is 12.2 Å². The van der Waals surface area contributed by atoms with Gasteiger partial charge in [0.1, 0.15) is 11.9 Å². The Balaban J connectivity index is 2.87. The average Bonchev–Trinajstić information content (AvgIpc) is 2.28. The maximum Gasteiger partial charge on any atom is 0.120 e. The van der Waals surface area contributed by atoms with Crippen molar-refractivity contribution >= 4 is 5.69 Å². The number of anilines is 1. The number of aliphatic hydroxyl groups is 2. The van der Waals surface area contributed by atoms with Gasteiger partial charge in [-0.15, -0.1) is 0 Å². The molecule has 0 amide bonds. The summed E-state index contributed by atoms with van der Waals surface area (Å²) in [4.78, 5) is 0. The number of methoxy groups -OCH3 is 1. The van der Waals surface area contributed by atoms with Crippen LogP contribution in [0.2, 0.25) is 0 Å². The van der Waals surface area contributed by atoms with Gasteiger partial charge in [0.15, 0.2) is 0 Å². The van der Waals surface area contributed by atoms with Crippen molar-refractivity contribution in [3.05, 3.63) is 23.8 Å². The van der Waals surface area contributed by atoms with E-state index >= 15 is 0 Å². The molecule has 1 aromatic rings. The first-order valence-electron chi connectivity index (χ1n) is 5.04. The summed E-state index contributed by atoms with van der Waals surface area (Å²) in [5, 5.41) is 22.3. The molecule has 0 saturated carbocycles. The lowest BCUT2D eigenvalue weighted by Gasteiger charge is -2.19. The Kier molecular flexibility index (Phi) is 4.54. The fourth-order valence-electron chi connectivity index (χ4n) is 1.48. The highest BCUT2D eigenvalue weighted by molar-refractivity contribution is 5.52. The second-order valence-corrected chi connectivity index (χ2v) is 3.56. The van der Waals surface area contributed by atoms with E-state index in [9.17, 15) is 10.2 Å². The predicted molar refractivity (Wildman–Crippen MR) is 62.3 cm³/mol. The van der Waals surface area contributed by atoms with Crippen molar-refractivity contribution in [1.29, 1.82) is 0 Å². The fraction of sp³-hybridized carbons (Fsp3) is 0.455. The topological polar surface area (TPSA) is 87.7 Å². The molecule has 2 unspecified atom stereocenters.